The summed E-state index contributed by atoms with van der Waals surface area (Å²) in [6.07, 6.45) is 0. The minimum Gasteiger partial charge on any atom is -0.353 e. The summed E-state index contributed by atoms with van der Waals surface area (Å²) < 4.78 is 0. The fourth-order valence-corrected chi connectivity index (χ4v) is 0.592. The Labute approximate surface area is 66.4 Å². The molecule has 0 fully saturated rings. The molecule has 11 heavy (non-hydrogen) atoms. The number of nitrogens with two attached hydrogens (primary N) is 1. The topological polar surface area (TPSA) is 67.6 Å². The van der Waals surface area contributed by atoms with Gasteiger partial charge in [-0.1, -0.05) is 0 Å². The summed E-state index contributed by atoms with van der Waals surface area (Å²) in [7, 11) is 3.66. The highest BCUT2D eigenvalue weighted by Crippen LogP contribution is 1.73. The summed E-state index contributed by atoms with van der Waals surface area (Å²) in [6, 6.07) is 0. The molecule has 0 bridgehead atoms. The number of hydrogen-bond donors (Lipinski definition) is 2. The van der Waals surface area contributed by atoms with E-state index in [1.54, 1.807) is 4.90 Å². The highest BCUT2D eigenvalue weighted by atomic mass is 16.6. The van der Waals surface area contributed by atoms with Crippen molar-refractivity contribution in [2.24, 2.45) is 5.90 Å². The second-order valence-electron chi connectivity index (χ2n) is 2.46. The molecule has 0 aromatic carbocycles. The first-order valence-electron chi connectivity index (χ1n) is 3.40. The molecule has 0 aliphatic rings. The lowest BCUT2D eigenvalue weighted by molar-refractivity contribution is -0.121. The van der Waals surface area contributed by atoms with Crippen LogP contribution in [-0.4, -0.2) is 44.6 Å². The van der Waals surface area contributed by atoms with E-state index in [1.807, 2.05) is 14.1 Å². The number of likely N-dealkylation sites (N-methyl/N-ethyl adjacent to an activating group) is 1. The van der Waals surface area contributed by atoms with E-state index >= 15 is 0 Å². The molecule has 0 saturated heterocycles. The van der Waals surface area contributed by atoms with E-state index < -0.39 is 0 Å². The van der Waals surface area contributed by atoms with Crippen LogP contribution in [0.2, 0.25) is 0 Å². The Morgan fingerprint density at radius 3 is 2.73 bits per heavy atom. The molecule has 0 heterocycles. The molecule has 5 heteroatoms. The average Bonchev–Trinajstić information content (AvgIpc) is 1.86. The molecule has 0 aromatic heterocycles. The van der Waals surface area contributed by atoms with Crippen LogP contribution in [-0.2, 0) is 9.63 Å². The van der Waals surface area contributed by atoms with E-state index in [2.05, 4.69) is 10.2 Å². The van der Waals surface area contributed by atoms with Crippen molar-refractivity contribution in [3.63, 3.8) is 0 Å². The van der Waals surface area contributed by atoms with Crippen LogP contribution in [0.3, 0.4) is 0 Å². The highest BCUT2D eigenvalue weighted by molar-refractivity contribution is 5.77. The van der Waals surface area contributed by atoms with E-state index in [-0.39, 0.29) is 5.91 Å². The lowest BCUT2D eigenvalue weighted by atomic mass is 10.5. The third-order valence-corrected chi connectivity index (χ3v) is 1.00. The van der Waals surface area contributed by atoms with Crippen molar-refractivity contribution in [1.29, 1.82) is 0 Å². The Hall–Kier alpha value is -0.650. The van der Waals surface area contributed by atoms with Crippen molar-refractivity contribution in [2.45, 2.75) is 0 Å². The van der Waals surface area contributed by atoms with Gasteiger partial charge in [0.15, 0.2) is 0 Å². The Balaban J connectivity index is 3.23. The molecule has 0 aliphatic carbocycles. The predicted molar refractivity (Wildman–Crippen MR) is 41.7 cm³/mol. The molecule has 0 atom stereocenters. The van der Waals surface area contributed by atoms with Gasteiger partial charge in [0, 0.05) is 6.54 Å². The van der Waals surface area contributed by atoms with Gasteiger partial charge in [-0.2, -0.15) is 0 Å². The van der Waals surface area contributed by atoms with Gasteiger partial charge in [0.1, 0.15) is 0 Å². The van der Waals surface area contributed by atoms with Crippen LogP contribution in [0.15, 0.2) is 0 Å². The zero-order valence-electron chi connectivity index (χ0n) is 6.96. The minimum absolute atomic E-state index is 0.0212. The van der Waals surface area contributed by atoms with Crippen LogP contribution in [0.25, 0.3) is 0 Å². The van der Waals surface area contributed by atoms with Crippen molar-refractivity contribution in [2.75, 3.05) is 33.8 Å². The Bertz CT molecular complexity index is 116. The zero-order valence-corrected chi connectivity index (χ0v) is 6.96. The van der Waals surface area contributed by atoms with E-state index in [9.17, 15) is 4.79 Å². The lowest BCUT2D eigenvalue weighted by Gasteiger charge is -2.08. The second-order valence-corrected chi connectivity index (χ2v) is 2.46. The number of nitrogens with zero attached hydrogens (tertiary/aromatic N) is 1. The average molecular weight is 161 g/mol. The molecule has 1 amide bonds. The first-order chi connectivity index (χ1) is 5.16. The summed E-state index contributed by atoms with van der Waals surface area (Å²) in [5.41, 5.74) is 0. The molecule has 0 radical (unpaired) electrons. The van der Waals surface area contributed by atoms with Gasteiger partial charge in [0.05, 0.1) is 13.2 Å². The van der Waals surface area contributed by atoms with Crippen LogP contribution >= 0.6 is 0 Å². The number of hydrogen-bond acceptors (Lipinski definition) is 4. The first-order valence-corrected chi connectivity index (χ1v) is 3.40. The molecule has 0 aromatic rings. The zero-order chi connectivity index (χ0) is 8.69. The highest BCUT2D eigenvalue weighted by Gasteiger charge is 2.00. The minimum atomic E-state index is -0.0212. The summed E-state index contributed by atoms with van der Waals surface area (Å²) in [4.78, 5) is 16.9. The first kappa shape index (κ1) is 10.3. The van der Waals surface area contributed by atoms with Crippen molar-refractivity contribution in [1.82, 2.24) is 10.2 Å². The maximum atomic E-state index is 10.9. The van der Waals surface area contributed by atoms with E-state index in [0.29, 0.717) is 19.7 Å². The largest absolute Gasteiger partial charge is 0.353 e. The molecule has 0 aliphatic heterocycles. The number of rotatable bonds is 5. The number of carbonyl (C=O) groups excluding carboxylic acids is 1. The lowest BCUT2D eigenvalue weighted by Crippen LogP contribution is -2.35. The standard InChI is InChI=1S/C6H15N3O2/c1-9(2)5-6(10)8-3-4-11-7/h3-5,7H2,1-2H3,(H,8,10). The van der Waals surface area contributed by atoms with Crippen LogP contribution in [0.5, 0.6) is 0 Å². The maximum Gasteiger partial charge on any atom is 0.234 e. The fraction of sp³-hybridized carbons (Fsp3) is 0.833. The molecule has 3 N–H and O–H groups in total. The molecule has 0 rings (SSSR count). The van der Waals surface area contributed by atoms with Crippen molar-refractivity contribution >= 4 is 5.91 Å². The van der Waals surface area contributed by atoms with Gasteiger partial charge in [0.2, 0.25) is 5.91 Å². The van der Waals surface area contributed by atoms with Gasteiger partial charge < -0.3 is 15.1 Å². The number of carbonyl (C=O) groups is 1. The van der Waals surface area contributed by atoms with Gasteiger partial charge in [-0.15, -0.1) is 0 Å². The van der Waals surface area contributed by atoms with E-state index in [1.165, 1.54) is 0 Å². The smallest absolute Gasteiger partial charge is 0.234 e. The quantitative estimate of drug-likeness (QED) is 0.382. The Kier molecular flexibility index (Phi) is 5.73. The Morgan fingerprint density at radius 1 is 1.64 bits per heavy atom. The van der Waals surface area contributed by atoms with E-state index in [0.717, 1.165) is 0 Å². The van der Waals surface area contributed by atoms with Gasteiger partial charge in [0.25, 0.3) is 0 Å². The molecular weight excluding hydrogens is 146 g/mol. The van der Waals surface area contributed by atoms with E-state index in [4.69, 9.17) is 5.90 Å². The summed E-state index contributed by atoms with van der Waals surface area (Å²) in [6.45, 7) is 1.20. The van der Waals surface area contributed by atoms with Crippen molar-refractivity contribution in [3.05, 3.63) is 0 Å². The monoisotopic (exact) mass is 161 g/mol. The van der Waals surface area contributed by atoms with Gasteiger partial charge in [-0.05, 0) is 14.1 Å². The third-order valence-electron chi connectivity index (χ3n) is 1.00. The van der Waals surface area contributed by atoms with Gasteiger partial charge in [-0.3, -0.25) is 4.79 Å². The van der Waals surface area contributed by atoms with Crippen LogP contribution in [0.4, 0.5) is 0 Å². The van der Waals surface area contributed by atoms with Gasteiger partial charge >= 0.3 is 0 Å². The molecule has 0 unspecified atom stereocenters. The summed E-state index contributed by atoms with van der Waals surface area (Å²) in [5.74, 6) is 4.73. The maximum absolute atomic E-state index is 10.9. The second kappa shape index (κ2) is 6.09. The summed E-state index contributed by atoms with van der Waals surface area (Å²) >= 11 is 0. The normalized spacial score (nSPS) is 10.2. The predicted octanol–water partition coefficient (Wildman–Crippen LogP) is -1.45. The van der Waals surface area contributed by atoms with Crippen molar-refractivity contribution < 1.29 is 9.63 Å². The molecule has 66 valence electrons. The molecule has 0 spiro atoms. The van der Waals surface area contributed by atoms with Crippen LogP contribution in [0.1, 0.15) is 0 Å². The number of nitrogens with one attached hydrogen (secondary N) is 1. The van der Waals surface area contributed by atoms with Crippen LogP contribution < -0.4 is 11.2 Å². The third kappa shape index (κ3) is 7.24. The van der Waals surface area contributed by atoms with Crippen LogP contribution in [0, 0.1) is 0 Å². The molecule has 0 saturated carbocycles. The fourth-order valence-electron chi connectivity index (χ4n) is 0.592. The molecule has 5 nitrogen and oxygen atoms in total. The molecular formula is C6H15N3O2. The Morgan fingerprint density at radius 2 is 2.27 bits per heavy atom. The van der Waals surface area contributed by atoms with Crippen molar-refractivity contribution in [3.8, 4) is 0 Å². The SMILES string of the molecule is CN(C)CC(=O)NCCON. The van der Waals surface area contributed by atoms with Gasteiger partial charge in [-0.25, -0.2) is 5.90 Å². The number of amides is 1. The summed E-state index contributed by atoms with van der Waals surface area (Å²) in [5, 5.41) is 2.63.